The zero-order valence-corrected chi connectivity index (χ0v) is 11.8. The van der Waals surface area contributed by atoms with Crippen molar-refractivity contribution >= 4 is 5.95 Å². The van der Waals surface area contributed by atoms with Crippen molar-refractivity contribution in [3.8, 4) is 0 Å². The highest BCUT2D eigenvalue weighted by Gasteiger charge is 2.44. The van der Waals surface area contributed by atoms with Crippen molar-refractivity contribution < 1.29 is 13.2 Å². The van der Waals surface area contributed by atoms with Crippen LogP contribution in [0.5, 0.6) is 0 Å². The summed E-state index contributed by atoms with van der Waals surface area (Å²) in [7, 11) is 1.51. The van der Waals surface area contributed by atoms with E-state index in [1.165, 1.54) is 11.9 Å². The molecular weight excluding hydrogens is 269 g/mol. The van der Waals surface area contributed by atoms with Crippen LogP contribution in [0.3, 0.4) is 0 Å². The van der Waals surface area contributed by atoms with Gasteiger partial charge in [0.2, 0.25) is 5.95 Å². The molecule has 1 N–H and O–H groups in total. The van der Waals surface area contributed by atoms with Gasteiger partial charge in [-0.15, -0.1) is 0 Å². The second-order valence-corrected chi connectivity index (χ2v) is 5.38. The van der Waals surface area contributed by atoms with Crippen molar-refractivity contribution in [2.75, 3.05) is 18.9 Å². The molecular formula is C13H19F3N4. The Labute approximate surface area is 116 Å². The Bertz CT molecular complexity index is 475. The minimum Gasteiger partial charge on any atom is -0.350 e. The van der Waals surface area contributed by atoms with Gasteiger partial charge in [0.15, 0.2) is 0 Å². The maximum Gasteiger partial charge on any atom is 0.404 e. The van der Waals surface area contributed by atoms with E-state index in [4.69, 9.17) is 0 Å². The second kappa shape index (κ2) is 5.55. The number of aromatic nitrogens is 2. The third kappa shape index (κ3) is 3.39. The maximum atomic E-state index is 12.8. The Balaban J connectivity index is 1.98. The van der Waals surface area contributed by atoms with E-state index < -0.39 is 12.2 Å². The molecule has 1 aromatic heterocycles. The van der Waals surface area contributed by atoms with Gasteiger partial charge in [0.1, 0.15) is 6.04 Å². The number of rotatable bonds is 2. The first-order valence-electron chi connectivity index (χ1n) is 6.61. The molecule has 1 aliphatic heterocycles. The third-order valence-corrected chi connectivity index (χ3v) is 3.76. The van der Waals surface area contributed by atoms with Crippen molar-refractivity contribution in [3.63, 3.8) is 0 Å². The molecule has 2 rings (SSSR count). The molecule has 0 spiro atoms. The average Bonchev–Trinajstić information content (AvgIpc) is 2.32. The van der Waals surface area contributed by atoms with Crippen LogP contribution in [0.2, 0.25) is 0 Å². The fourth-order valence-electron chi connectivity index (χ4n) is 2.46. The first-order chi connectivity index (χ1) is 9.27. The number of aryl methyl sites for hydroxylation is 2. The van der Waals surface area contributed by atoms with E-state index in [9.17, 15) is 13.2 Å². The summed E-state index contributed by atoms with van der Waals surface area (Å²) >= 11 is 0. The molecule has 0 saturated carbocycles. The lowest BCUT2D eigenvalue weighted by atomic mass is 9.98. The highest BCUT2D eigenvalue weighted by molar-refractivity contribution is 5.30. The summed E-state index contributed by atoms with van der Waals surface area (Å²) in [4.78, 5) is 9.81. The lowest BCUT2D eigenvalue weighted by molar-refractivity contribution is -0.187. The molecule has 2 heterocycles. The van der Waals surface area contributed by atoms with E-state index in [2.05, 4.69) is 15.3 Å². The highest BCUT2D eigenvalue weighted by Crippen LogP contribution is 2.31. The molecule has 0 aliphatic carbocycles. The molecule has 1 fully saturated rings. The Morgan fingerprint density at radius 3 is 2.55 bits per heavy atom. The minimum absolute atomic E-state index is 0.0549. The van der Waals surface area contributed by atoms with Crippen molar-refractivity contribution in [2.45, 2.75) is 44.9 Å². The first kappa shape index (κ1) is 15.0. The molecule has 7 heteroatoms. The van der Waals surface area contributed by atoms with E-state index in [1.807, 2.05) is 13.8 Å². The van der Waals surface area contributed by atoms with Crippen LogP contribution < -0.4 is 5.32 Å². The fourth-order valence-corrected chi connectivity index (χ4v) is 2.46. The quantitative estimate of drug-likeness (QED) is 0.908. The molecule has 0 aromatic carbocycles. The number of halogens is 3. The molecule has 0 unspecified atom stereocenters. The van der Waals surface area contributed by atoms with Gasteiger partial charge in [-0.25, -0.2) is 9.97 Å². The Morgan fingerprint density at radius 1 is 1.30 bits per heavy atom. The van der Waals surface area contributed by atoms with E-state index in [0.29, 0.717) is 18.9 Å². The van der Waals surface area contributed by atoms with Gasteiger partial charge in [0, 0.05) is 24.5 Å². The molecule has 4 nitrogen and oxygen atoms in total. The predicted octanol–water partition coefficient (Wildman–Crippen LogP) is 2.53. The van der Waals surface area contributed by atoms with Crippen molar-refractivity contribution in [1.82, 2.24) is 14.9 Å². The number of hydrogen-bond donors (Lipinski definition) is 1. The highest BCUT2D eigenvalue weighted by atomic mass is 19.4. The lowest BCUT2D eigenvalue weighted by Gasteiger charge is -2.38. The maximum absolute atomic E-state index is 12.8. The van der Waals surface area contributed by atoms with Crippen molar-refractivity contribution in [3.05, 3.63) is 17.5 Å². The molecule has 1 saturated heterocycles. The van der Waals surface area contributed by atoms with Crippen LogP contribution in [-0.2, 0) is 0 Å². The van der Waals surface area contributed by atoms with Crippen molar-refractivity contribution in [1.29, 1.82) is 0 Å². The van der Waals surface area contributed by atoms with Gasteiger partial charge >= 0.3 is 6.18 Å². The fraction of sp³-hybridized carbons (Fsp3) is 0.692. The number of hydrogen-bond acceptors (Lipinski definition) is 4. The number of piperidine rings is 1. The number of alkyl halides is 3. The molecule has 20 heavy (non-hydrogen) atoms. The van der Waals surface area contributed by atoms with Crippen LogP contribution in [0.25, 0.3) is 0 Å². The van der Waals surface area contributed by atoms with Crippen LogP contribution in [0.1, 0.15) is 24.1 Å². The Kier molecular flexibility index (Phi) is 4.17. The Hall–Kier alpha value is -1.37. The largest absolute Gasteiger partial charge is 0.404 e. The number of likely N-dealkylation sites (N-methyl/N-ethyl adjacent to an activating group) is 1. The summed E-state index contributed by atoms with van der Waals surface area (Å²) in [6, 6.07) is -1.40. The summed E-state index contributed by atoms with van der Waals surface area (Å²) < 4.78 is 38.3. The van der Waals surface area contributed by atoms with Gasteiger partial charge in [-0.3, -0.25) is 4.90 Å². The standard InChI is InChI=1S/C13H19F3N4/c1-8-6-17-12(18-9(8)2)19-10-4-5-11(13(14,15)16)20(3)7-10/h6,10-11H,4-5,7H2,1-3H3,(H,17,18,19)/t10-,11-/m1/s1. The molecule has 0 amide bonds. The number of nitrogens with one attached hydrogen (secondary N) is 1. The lowest BCUT2D eigenvalue weighted by Crippen LogP contribution is -2.52. The van der Waals surface area contributed by atoms with E-state index in [0.717, 1.165) is 11.3 Å². The zero-order chi connectivity index (χ0) is 14.9. The SMILES string of the molecule is Cc1cnc(N[C@@H]2CC[C@H](C(F)(F)F)N(C)C2)nc1C. The van der Waals surface area contributed by atoms with Crippen LogP contribution >= 0.6 is 0 Å². The van der Waals surface area contributed by atoms with Crippen molar-refractivity contribution in [2.24, 2.45) is 0 Å². The molecule has 1 aliphatic rings. The smallest absolute Gasteiger partial charge is 0.350 e. The summed E-state index contributed by atoms with van der Waals surface area (Å²) in [5, 5.41) is 3.12. The van der Waals surface area contributed by atoms with E-state index >= 15 is 0 Å². The monoisotopic (exact) mass is 288 g/mol. The topological polar surface area (TPSA) is 41.1 Å². The summed E-state index contributed by atoms with van der Waals surface area (Å²) in [6.45, 7) is 4.14. The summed E-state index contributed by atoms with van der Waals surface area (Å²) in [5.74, 6) is 0.483. The zero-order valence-electron chi connectivity index (χ0n) is 11.8. The van der Waals surface area contributed by atoms with Gasteiger partial charge in [0.05, 0.1) is 0 Å². The van der Waals surface area contributed by atoms with Crippen LogP contribution in [0.15, 0.2) is 6.20 Å². The second-order valence-electron chi connectivity index (χ2n) is 5.38. The summed E-state index contributed by atoms with van der Waals surface area (Å²) in [6.07, 6.45) is -1.88. The molecule has 0 radical (unpaired) electrons. The van der Waals surface area contributed by atoms with Gasteiger partial charge in [-0.2, -0.15) is 13.2 Å². The molecule has 1 aromatic rings. The predicted molar refractivity (Wildman–Crippen MR) is 70.6 cm³/mol. The average molecular weight is 288 g/mol. The van der Waals surface area contributed by atoms with Crippen LogP contribution in [0.4, 0.5) is 19.1 Å². The van der Waals surface area contributed by atoms with Gasteiger partial charge in [0.25, 0.3) is 0 Å². The minimum atomic E-state index is -4.16. The molecule has 0 bridgehead atoms. The van der Waals surface area contributed by atoms with Crippen LogP contribution in [-0.4, -0.2) is 46.7 Å². The van der Waals surface area contributed by atoms with Crippen LogP contribution in [0, 0.1) is 13.8 Å². The summed E-state index contributed by atoms with van der Waals surface area (Å²) in [5.41, 5.74) is 1.87. The molecule has 2 atom stereocenters. The van der Waals surface area contributed by atoms with E-state index in [1.54, 1.807) is 6.20 Å². The first-order valence-corrected chi connectivity index (χ1v) is 6.61. The normalized spacial score (nSPS) is 24.7. The third-order valence-electron chi connectivity index (χ3n) is 3.76. The van der Waals surface area contributed by atoms with Gasteiger partial charge in [-0.1, -0.05) is 0 Å². The Morgan fingerprint density at radius 2 is 2.00 bits per heavy atom. The number of likely N-dealkylation sites (tertiary alicyclic amines) is 1. The van der Waals surface area contributed by atoms with Gasteiger partial charge < -0.3 is 5.32 Å². The molecule has 112 valence electrons. The number of anilines is 1. The van der Waals surface area contributed by atoms with E-state index in [-0.39, 0.29) is 12.5 Å². The van der Waals surface area contributed by atoms with Gasteiger partial charge in [-0.05, 0) is 39.3 Å². The number of nitrogens with zero attached hydrogens (tertiary/aromatic N) is 3.